The summed E-state index contributed by atoms with van der Waals surface area (Å²) in [6.45, 7) is 22.3. The largest absolute Gasteiger partial charge is 0.327 e. The van der Waals surface area contributed by atoms with Crippen molar-refractivity contribution in [1.29, 1.82) is 0 Å². The van der Waals surface area contributed by atoms with E-state index in [-0.39, 0.29) is 10.3 Å². The molecular weight excluding hydrogens is 351 g/mol. The minimum absolute atomic E-state index is 0.288. The number of rotatable bonds is 4. The molecule has 4 heteroatoms. The minimum atomic E-state index is -2.67. The molecule has 0 N–H and O–H groups in total. The van der Waals surface area contributed by atoms with Gasteiger partial charge in [-0.3, -0.25) is 4.57 Å². The number of hydrogen-bond acceptors (Lipinski definition) is 2. The molecule has 0 unspecified atom stereocenters. The summed E-state index contributed by atoms with van der Waals surface area (Å²) in [5.74, 6) is 0.886. The molecule has 0 bridgehead atoms. The van der Waals surface area contributed by atoms with Gasteiger partial charge in [-0.05, 0) is 23.0 Å². The number of hydrogen-bond donors (Lipinski definition) is 0. The van der Waals surface area contributed by atoms with Crippen LogP contribution < -0.4 is 4.90 Å². The van der Waals surface area contributed by atoms with Gasteiger partial charge in [0.2, 0.25) is 0 Å². The lowest BCUT2D eigenvalue weighted by molar-refractivity contribution is 0.448. The Morgan fingerprint density at radius 2 is 1.30 bits per heavy atom. The average molecular weight is 391 g/mol. The predicted molar refractivity (Wildman–Crippen MR) is 120 cm³/mol. The Kier molecular flexibility index (Phi) is 5.98. The van der Waals surface area contributed by atoms with E-state index in [4.69, 9.17) is 0 Å². The lowest BCUT2D eigenvalue weighted by Gasteiger charge is -2.46. The lowest BCUT2D eigenvalue weighted by atomic mass is 9.92. The first kappa shape index (κ1) is 22.1. The molecule has 0 saturated heterocycles. The summed E-state index contributed by atoms with van der Waals surface area (Å²) < 4.78 is 16.4. The van der Waals surface area contributed by atoms with Crippen molar-refractivity contribution in [2.75, 3.05) is 11.6 Å². The molecule has 1 aromatic carbocycles. The summed E-state index contributed by atoms with van der Waals surface area (Å²) in [4.78, 5) is 2.30. The second-order valence-corrected chi connectivity index (χ2v) is 14.7. The van der Waals surface area contributed by atoms with Gasteiger partial charge in [0.25, 0.3) is 0 Å². The van der Waals surface area contributed by atoms with E-state index in [2.05, 4.69) is 109 Å². The Morgan fingerprint density at radius 3 is 1.67 bits per heavy atom. The van der Waals surface area contributed by atoms with Crippen LogP contribution in [-0.2, 0) is 4.57 Å². The average Bonchev–Trinajstić information content (AvgIpc) is 3.00. The third-order valence-electron chi connectivity index (χ3n) is 5.53. The van der Waals surface area contributed by atoms with Gasteiger partial charge in [0, 0.05) is 28.4 Å². The molecule has 1 aliphatic heterocycles. The van der Waals surface area contributed by atoms with E-state index < -0.39 is 7.29 Å². The summed E-state index contributed by atoms with van der Waals surface area (Å²) in [7, 11) is -2.67. The van der Waals surface area contributed by atoms with Crippen LogP contribution in [0.3, 0.4) is 0 Å². The third-order valence-corrected chi connectivity index (χ3v) is 10.1. The van der Waals surface area contributed by atoms with E-state index in [0.717, 1.165) is 0 Å². The third kappa shape index (κ3) is 3.86. The van der Waals surface area contributed by atoms with Gasteiger partial charge in [-0.1, -0.05) is 87.4 Å². The van der Waals surface area contributed by atoms with E-state index in [9.17, 15) is 4.57 Å². The Hall–Kier alpha value is -1.21. The van der Waals surface area contributed by atoms with Crippen LogP contribution in [0, 0.1) is 0 Å². The molecule has 1 aliphatic rings. The lowest BCUT2D eigenvalue weighted by Crippen LogP contribution is -2.39. The van der Waals surface area contributed by atoms with E-state index in [1.165, 1.54) is 16.8 Å². The summed E-state index contributed by atoms with van der Waals surface area (Å²) in [5, 5.41) is -0.575. The van der Waals surface area contributed by atoms with E-state index in [1.54, 1.807) is 0 Å². The van der Waals surface area contributed by atoms with Crippen molar-refractivity contribution < 1.29 is 4.57 Å². The molecule has 0 saturated carbocycles. The minimum Gasteiger partial charge on any atom is -0.327 e. The molecule has 0 fully saturated rings. The predicted octanol–water partition coefficient (Wildman–Crippen LogP) is 7.36. The van der Waals surface area contributed by atoms with Crippen LogP contribution in [0.4, 0.5) is 5.69 Å². The molecule has 3 nitrogen and oxygen atoms in total. The zero-order valence-corrected chi connectivity index (χ0v) is 19.9. The highest BCUT2D eigenvalue weighted by atomic mass is 31.2. The normalized spacial score (nSPS) is 16.1. The van der Waals surface area contributed by atoms with Gasteiger partial charge in [0.15, 0.2) is 7.29 Å². The second-order valence-electron chi connectivity index (χ2n) is 10.4. The maximum absolute atomic E-state index is 14.3. The number of para-hydroxylation sites is 1. The Bertz CT molecular complexity index is 706. The molecule has 0 atom stereocenters. The van der Waals surface area contributed by atoms with Crippen LogP contribution in [0.25, 0.3) is 0 Å². The van der Waals surface area contributed by atoms with Crippen LogP contribution in [0.5, 0.6) is 0 Å². The first-order chi connectivity index (χ1) is 12.2. The monoisotopic (exact) mass is 390 g/mol. The van der Waals surface area contributed by atoms with Crippen LogP contribution in [0.15, 0.2) is 30.6 Å². The van der Waals surface area contributed by atoms with Gasteiger partial charge in [0.1, 0.15) is 6.67 Å². The van der Waals surface area contributed by atoms with Crippen molar-refractivity contribution in [2.45, 2.75) is 91.4 Å². The van der Waals surface area contributed by atoms with E-state index in [0.29, 0.717) is 18.5 Å². The zero-order valence-electron chi connectivity index (χ0n) is 19.0. The van der Waals surface area contributed by atoms with Crippen LogP contribution in [0.1, 0.15) is 92.2 Å². The van der Waals surface area contributed by atoms with Crippen molar-refractivity contribution in [3.05, 3.63) is 41.7 Å². The highest BCUT2D eigenvalue weighted by Gasteiger charge is 2.51. The van der Waals surface area contributed by atoms with Crippen molar-refractivity contribution in [1.82, 2.24) is 4.67 Å². The zero-order chi connectivity index (χ0) is 20.8. The first-order valence-corrected chi connectivity index (χ1v) is 11.8. The van der Waals surface area contributed by atoms with Gasteiger partial charge in [-0.25, -0.2) is 0 Å². The van der Waals surface area contributed by atoms with E-state index >= 15 is 0 Å². The van der Waals surface area contributed by atoms with Crippen molar-refractivity contribution in [3.63, 3.8) is 0 Å². The maximum Gasteiger partial charge on any atom is 0.183 e. The fourth-order valence-corrected chi connectivity index (χ4v) is 8.47. The molecule has 1 aromatic rings. The number of anilines is 1. The summed E-state index contributed by atoms with van der Waals surface area (Å²) in [5.41, 5.74) is 4.00. The molecule has 1 heterocycles. The Morgan fingerprint density at radius 1 is 0.852 bits per heavy atom. The van der Waals surface area contributed by atoms with Crippen LogP contribution in [-0.4, -0.2) is 21.7 Å². The highest BCUT2D eigenvalue weighted by Crippen LogP contribution is 2.69. The first-order valence-electron chi connectivity index (χ1n) is 10.2. The molecule has 0 aliphatic carbocycles. The highest BCUT2D eigenvalue weighted by molar-refractivity contribution is 7.64. The Balaban J connectivity index is 2.51. The van der Waals surface area contributed by atoms with E-state index in [1.807, 2.05) is 0 Å². The summed E-state index contributed by atoms with van der Waals surface area (Å²) in [6, 6.07) is 6.63. The SMILES string of the molecule is CC(C)c1cccc(C(C)C)c1N1C=CN(P(=O)(C(C)(C)C)C(C)(C)C)C1. The van der Waals surface area contributed by atoms with Crippen molar-refractivity contribution >= 4 is 13.0 Å². The van der Waals surface area contributed by atoms with Gasteiger partial charge >= 0.3 is 0 Å². The second kappa shape index (κ2) is 7.32. The quantitative estimate of drug-likeness (QED) is 0.502. The molecule has 2 rings (SSSR count). The fraction of sp³-hybridized carbons (Fsp3) is 0.652. The molecule has 0 radical (unpaired) electrons. The molecule has 0 aromatic heterocycles. The van der Waals surface area contributed by atoms with Gasteiger partial charge < -0.3 is 9.57 Å². The maximum atomic E-state index is 14.3. The Labute approximate surface area is 167 Å². The van der Waals surface area contributed by atoms with Gasteiger partial charge in [-0.15, -0.1) is 0 Å². The van der Waals surface area contributed by atoms with Crippen LogP contribution >= 0.6 is 7.29 Å². The molecular formula is C23H39N2OP. The van der Waals surface area contributed by atoms with Crippen molar-refractivity contribution in [3.8, 4) is 0 Å². The standard InChI is InChI=1S/C23H39N2OP/c1-17(2)19-12-11-13-20(18(3)4)21(19)24-14-15-25(16-24)27(26,22(5,6)7)23(8,9)10/h11-15,17-18H,16H2,1-10H3. The van der Waals surface area contributed by atoms with Crippen molar-refractivity contribution in [2.24, 2.45) is 0 Å². The topological polar surface area (TPSA) is 23.6 Å². The smallest absolute Gasteiger partial charge is 0.183 e. The number of benzene rings is 1. The van der Waals surface area contributed by atoms with Gasteiger partial charge in [0.05, 0.1) is 0 Å². The summed E-state index contributed by atoms with van der Waals surface area (Å²) in [6.07, 6.45) is 4.18. The fourth-order valence-electron chi connectivity index (χ4n) is 4.36. The molecule has 0 spiro atoms. The van der Waals surface area contributed by atoms with Crippen LogP contribution in [0.2, 0.25) is 0 Å². The summed E-state index contributed by atoms with van der Waals surface area (Å²) >= 11 is 0. The number of nitrogens with zero attached hydrogens (tertiary/aromatic N) is 2. The molecule has 27 heavy (non-hydrogen) atoms. The molecule has 0 amide bonds. The molecule has 152 valence electrons. The van der Waals surface area contributed by atoms with Gasteiger partial charge in [-0.2, -0.15) is 0 Å².